The Hall–Kier alpha value is -5.08. The van der Waals surface area contributed by atoms with Crippen LogP contribution in [0.25, 0.3) is 0 Å². The average Bonchev–Trinajstić information content (AvgIpc) is 3.94. The number of imide groups is 1. The number of nitrogens with zero attached hydrogens (tertiary/aromatic N) is 3. The maximum atomic E-state index is 14.5. The van der Waals surface area contributed by atoms with Gasteiger partial charge in [0.15, 0.2) is 5.78 Å². The van der Waals surface area contributed by atoms with E-state index in [0.29, 0.717) is 25.8 Å². The first-order valence-electron chi connectivity index (χ1n) is 24.5. The van der Waals surface area contributed by atoms with Crippen LogP contribution in [0.4, 0.5) is 0 Å². The topological polar surface area (TPSA) is 237 Å². The molecule has 0 unspecified atom stereocenters. The van der Waals surface area contributed by atoms with Crippen molar-refractivity contribution >= 4 is 47.2 Å². The summed E-state index contributed by atoms with van der Waals surface area (Å²) in [7, 11) is 4.65. The summed E-state index contributed by atoms with van der Waals surface area (Å²) >= 11 is 0. The van der Waals surface area contributed by atoms with Crippen LogP contribution in [0.5, 0.6) is 0 Å². The summed E-state index contributed by atoms with van der Waals surface area (Å²) in [4.78, 5) is 109. The van der Waals surface area contributed by atoms with E-state index in [-0.39, 0.29) is 113 Å². The zero-order valence-corrected chi connectivity index (χ0v) is 42.9. The molecule has 19 nitrogen and oxygen atoms in total. The number of carboxylic acids is 1. The van der Waals surface area contributed by atoms with Crippen molar-refractivity contribution in [3.8, 4) is 0 Å². The van der Waals surface area contributed by atoms with Crippen LogP contribution in [-0.4, -0.2) is 177 Å². The second-order valence-corrected chi connectivity index (χ2v) is 19.1. The molecule has 3 N–H and O–H groups in total. The van der Waals surface area contributed by atoms with Gasteiger partial charge in [0.1, 0.15) is 6.04 Å². The van der Waals surface area contributed by atoms with E-state index in [1.165, 1.54) is 26.4 Å². The molecule has 19 heteroatoms. The smallest absolute Gasteiger partial charge is 0.326 e. The number of nitrogens with one attached hydrogen (secondary N) is 2. The van der Waals surface area contributed by atoms with Gasteiger partial charge in [0.2, 0.25) is 23.6 Å². The van der Waals surface area contributed by atoms with E-state index in [1.54, 1.807) is 61.9 Å². The highest BCUT2D eigenvalue weighted by atomic mass is 16.5. The number of methoxy groups -OCH3 is 2. The van der Waals surface area contributed by atoms with Crippen molar-refractivity contribution in [2.45, 2.75) is 129 Å². The van der Waals surface area contributed by atoms with Crippen LogP contribution in [0.2, 0.25) is 0 Å². The van der Waals surface area contributed by atoms with Crippen LogP contribution >= 0.6 is 0 Å². The van der Waals surface area contributed by atoms with Crippen molar-refractivity contribution in [3.05, 3.63) is 48.0 Å². The molecule has 2 aliphatic heterocycles. The maximum Gasteiger partial charge on any atom is 0.326 e. The van der Waals surface area contributed by atoms with Gasteiger partial charge in [-0.2, -0.15) is 0 Å². The van der Waals surface area contributed by atoms with Crippen LogP contribution in [0.15, 0.2) is 42.5 Å². The van der Waals surface area contributed by atoms with E-state index < -0.39 is 65.5 Å². The molecular weight excluding hydrogens is 907 g/mol. The molecule has 0 spiro atoms. The molecule has 0 aromatic heterocycles. The highest BCUT2D eigenvalue weighted by Crippen LogP contribution is 2.31. The molecule has 0 radical (unpaired) electrons. The summed E-state index contributed by atoms with van der Waals surface area (Å²) in [5.41, 5.74) is -0.530. The number of likely N-dealkylation sites (tertiary alicyclic amines) is 1. The van der Waals surface area contributed by atoms with Gasteiger partial charge >= 0.3 is 5.97 Å². The summed E-state index contributed by atoms with van der Waals surface area (Å²) < 4.78 is 28.3. The average molecular weight is 986 g/mol. The molecule has 1 saturated heterocycles. The fourth-order valence-electron chi connectivity index (χ4n) is 8.98. The van der Waals surface area contributed by atoms with E-state index in [4.69, 9.17) is 23.7 Å². The number of carbonyl (C=O) groups is 8. The maximum absolute atomic E-state index is 14.5. The number of Topliss-reactive ketones (excluding diaryl/α,β-unsaturated/α-hetero) is 1. The molecule has 0 saturated carbocycles. The summed E-state index contributed by atoms with van der Waals surface area (Å²) in [6, 6.07) is 6.84. The van der Waals surface area contributed by atoms with E-state index in [0.717, 1.165) is 10.5 Å². The van der Waals surface area contributed by atoms with Gasteiger partial charge in [0, 0.05) is 65.1 Å². The van der Waals surface area contributed by atoms with Gasteiger partial charge in [-0.05, 0) is 44.1 Å². The molecule has 70 heavy (non-hydrogen) atoms. The fourth-order valence-corrected chi connectivity index (χ4v) is 8.98. The summed E-state index contributed by atoms with van der Waals surface area (Å²) in [5, 5.41) is 15.4. The minimum atomic E-state index is -1.29. The number of hydrogen-bond donors (Lipinski definition) is 3. The number of carbonyl (C=O) groups excluding carboxylic acids is 7. The zero-order chi connectivity index (χ0) is 52.1. The number of carboxylic acid groups (broad SMARTS) is 1. The Balaban J connectivity index is 1.55. The van der Waals surface area contributed by atoms with Gasteiger partial charge in [-0.25, -0.2) is 4.79 Å². The van der Waals surface area contributed by atoms with Crippen LogP contribution in [0.3, 0.4) is 0 Å². The molecule has 0 bridgehead atoms. The Morgan fingerprint density at radius 1 is 0.857 bits per heavy atom. The molecule has 1 aromatic carbocycles. The van der Waals surface area contributed by atoms with E-state index in [9.17, 15) is 43.5 Å². The van der Waals surface area contributed by atoms with Crippen LogP contribution < -0.4 is 10.6 Å². The number of hydrogen-bond acceptors (Lipinski definition) is 13. The molecule has 3 rings (SSSR count). The van der Waals surface area contributed by atoms with Crippen molar-refractivity contribution in [1.82, 2.24) is 25.3 Å². The monoisotopic (exact) mass is 986 g/mol. The minimum Gasteiger partial charge on any atom is -0.480 e. The lowest BCUT2D eigenvalue weighted by Crippen LogP contribution is -2.55. The lowest BCUT2D eigenvalue weighted by atomic mass is 9.82. The van der Waals surface area contributed by atoms with Crippen molar-refractivity contribution < 1.29 is 67.1 Å². The van der Waals surface area contributed by atoms with Gasteiger partial charge in [-0.1, -0.05) is 71.4 Å². The number of ether oxygens (including phenoxy) is 5. The van der Waals surface area contributed by atoms with Gasteiger partial charge < -0.3 is 49.2 Å². The summed E-state index contributed by atoms with van der Waals surface area (Å²) in [5.74, 6) is -5.54. The number of aliphatic carboxylic acids is 1. The molecule has 0 aliphatic carbocycles. The highest BCUT2D eigenvalue weighted by molar-refractivity contribution is 6.12. The van der Waals surface area contributed by atoms with E-state index in [2.05, 4.69) is 10.6 Å². The van der Waals surface area contributed by atoms with Crippen molar-refractivity contribution in [2.24, 2.45) is 23.7 Å². The molecule has 1 aromatic rings. The first kappa shape index (κ1) is 59.2. The van der Waals surface area contributed by atoms with Crippen molar-refractivity contribution in [2.75, 3.05) is 74.0 Å². The summed E-state index contributed by atoms with van der Waals surface area (Å²) in [6.07, 6.45) is 2.75. The van der Waals surface area contributed by atoms with Gasteiger partial charge in [-0.15, -0.1) is 0 Å². The van der Waals surface area contributed by atoms with Gasteiger partial charge in [0.25, 0.3) is 11.8 Å². The molecule has 2 heterocycles. The normalized spacial score (nSPS) is 18.0. The van der Waals surface area contributed by atoms with Crippen molar-refractivity contribution in [3.63, 3.8) is 0 Å². The summed E-state index contributed by atoms with van der Waals surface area (Å²) in [6.45, 7) is 14.5. The van der Waals surface area contributed by atoms with Gasteiger partial charge in [0.05, 0.1) is 88.4 Å². The minimum absolute atomic E-state index is 0.00727. The Labute approximate surface area is 413 Å². The quantitative estimate of drug-likeness (QED) is 0.0678. The Kier molecular flexibility index (Phi) is 24.8. The lowest BCUT2D eigenvalue weighted by Gasteiger charge is -2.41. The molecular formula is C51H79N5O14. The third kappa shape index (κ3) is 17.6. The lowest BCUT2D eigenvalue weighted by molar-refractivity contribution is -0.149. The van der Waals surface area contributed by atoms with E-state index >= 15 is 0 Å². The fraction of sp³-hybridized carbons (Fsp3) is 0.686. The molecule has 8 atom stereocenters. The number of likely N-dealkylation sites (N-methyl/N-ethyl adjacent to an activating group) is 1. The third-order valence-corrected chi connectivity index (χ3v) is 13.4. The Bertz CT molecular complexity index is 1910. The predicted octanol–water partition coefficient (Wildman–Crippen LogP) is 3.21. The number of benzene rings is 1. The standard InChI is InChI=1S/C51H79N5O14/c1-11-34(4)46(40(66-9)32-45(61)55-22-15-18-39(55)47(67-10)35(5)48(62)52-38(50(64)65)30-36-16-13-12-14-17-36)54(8)49(63)37(33(2)3)31-41(57)51(6,7)53-42(58)21-24-68-26-28-70-29-27-69-25-23-56-43(59)19-20-44(56)60/h12-14,16-17,19-20,33-35,37-40,46-47H,11,15,18,21-32H2,1-10H3,(H,52,62)(H,53,58)(H,64,65)/t34-,35+,37-,38-,39-,40+,46-,47+/m0/s1. The second-order valence-electron chi connectivity index (χ2n) is 19.1. The van der Waals surface area contributed by atoms with Gasteiger partial charge in [-0.3, -0.25) is 38.5 Å². The predicted molar refractivity (Wildman–Crippen MR) is 259 cm³/mol. The first-order valence-corrected chi connectivity index (χ1v) is 24.5. The molecule has 6 amide bonds. The first-order chi connectivity index (χ1) is 33.2. The van der Waals surface area contributed by atoms with E-state index in [1.807, 2.05) is 33.8 Å². The van der Waals surface area contributed by atoms with Crippen LogP contribution in [0, 0.1) is 23.7 Å². The van der Waals surface area contributed by atoms with Crippen LogP contribution in [-0.2, 0) is 68.5 Å². The van der Waals surface area contributed by atoms with Crippen LogP contribution in [0.1, 0.15) is 92.6 Å². The molecule has 1 fully saturated rings. The number of rotatable bonds is 33. The molecule has 2 aliphatic rings. The number of ketones is 1. The Morgan fingerprint density at radius 3 is 2.01 bits per heavy atom. The number of amides is 6. The third-order valence-electron chi connectivity index (χ3n) is 13.4. The second kappa shape index (κ2) is 29.3. The highest BCUT2D eigenvalue weighted by Gasteiger charge is 2.44. The SMILES string of the molecule is CC[C@H](C)[C@@H]([C@@H](CC(=O)N1CCC[C@H]1[C@H](OC)[C@@H](C)C(=O)N[C@@H](Cc1ccccc1)C(=O)O)OC)N(C)C(=O)[C@@H](CC(=O)C(C)(C)NC(=O)CCOCCOCCOCCN1C(=O)C=CC1=O)C(C)C. The zero-order valence-electron chi connectivity index (χ0n) is 42.9. The molecule has 392 valence electrons. The van der Waals surface area contributed by atoms with Crippen molar-refractivity contribution in [1.29, 1.82) is 0 Å². The Morgan fingerprint density at radius 2 is 1.46 bits per heavy atom. The largest absolute Gasteiger partial charge is 0.480 e.